The van der Waals surface area contributed by atoms with Crippen molar-refractivity contribution in [3.05, 3.63) is 29.8 Å². The SMILES string of the molecule is COCC(CC(=O)c1ccc(OC)cc1)NC(=O)OC(C)(C)C. The molecule has 1 unspecified atom stereocenters. The molecule has 0 saturated heterocycles. The standard InChI is InChI=1S/C17H25NO5/c1-17(2,3)23-16(20)18-13(11-21-4)10-15(19)12-6-8-14(22-5)9-7-12/h6-9,13H,10-11H2,1-5H3,(H,18,20). The van der Waals surface area contributed by atoms with Crippen LogP contribution in [0.3, 0.4) is 0 Å². The Labute approximate surface area is 137 Å². The molecule has 1 amide bonds. The van der Waals surface area contributed by atoms with E-state index in [1.807, 2.05) is 0 Å². The largest absolute Gasteiger partial charge is 0.497 e. The van der Waals surface area contributed by atoms with Gasteiger partial charge in [-0.05, 0) is 45.0 Å². The van der Waals surface area contributed by atoms with E-state index in [0.717, 1.165) is 0 Å². The summed E-state index contributed by atoms with van der Waals surface area (Å²) in [5.41, 5.74) is -0.0419. The first-order valence-electron chi connectivity index (χ1n) is 7.41. The normalized spacial score (nSPS) is 12.4. The lowest BCUT2D eigenvalue weighted by molar-refractivity contribution is 0.0464. The molecule has 0 bridgehead atoms. The van der Waals surface area contributed by atoms with Crippen LogP contribution in [0.4, 0.5) is 4.79 Å². The van der Waals surface area contributed by atoms with Gasteiger partial charge in [0.25, 0.3) is 0 Å². The molecule has 1 atom stereocenters. The number of hydrogen-bond acceptors (Lipinski definition) is 5. The molecule has 0 saturated carbocycles. The lowest BCUT2D eigenvalue weighted by atomic mass is 10.0. The van der Waals surface area contributed by atoms with E-state index in [0.29, 0.717) is 11.3 Å². The van der Waals surface area contributed by atoms with Crippen molar-refractivity contribution in [1.82, 2.24) is 5.32 Å². The van der Waals surface area contributed by atoms with Crippen LogP contribution in [0, 0.1) is 0 Å². The van der Waals surface area contributed by atoms with Gasteiger partial charge in [-0.1, -0.05) is 0 Å². The zero-order valence-electron chi connectivity index (χ0n) is 14.3. The summed E-state index contributed by atoms with van der Waals surface area (Å²) in [6.45, 7) is 5.56. The molecule has 0 radical (unpaired) electrons. The maximum absolute atomic E-state index is 12.3. The quantitative estimate of drug-likeness (QED) is 0.781. The van der Waals surface area contributed by atoms with Crippen LogP contribution in [0.5, 0.6) is 5.75 Å². The molecular weight excluding hydrogens is 298 g/mol. The van der Waals surface area contributed by atoms with Crippen molar-refractivity contribution in [2.24, 2.45) is 0 Å². The van der Waals surface area contributed by atoms with E-state index in [2.05, 4.69) is 5.32 Å². The molecule has 1 aromatic carbocycles. The number of nitrogens with one attached hydrogen (secondary N) is 1. The van der Waals surface area contributed by atoms with Crippen LogP contribution in [-0.4, -0.2) is 44.3 Å². The predicted molar refractivity (Wildman–Crippen MR) is 87.0 cm³/mol. The van der Waals surface area contributed by atoms with Gasteiger partial charge in [-0.15, -0.1) is 0 Å². The maximum atomic E-state index is 12.3. The minimum atomic E-state index is -0.596. The van der Waals surface area contributed by atoms with E-state index in [9.17, 15) is 9.59 Å². The molecule has 0 spiro atoms. The lowest BCUT2D eigenvalue weighted by Crippen LogP contribution is -2.42. The molecule has 1 rings (SSSR count). The molecule has 0 aromatic heterocycles. The number of amides is 1. The Morgan fingerprint density at radius 3 is 2.22 bits per heavy atom. The van der Waals surface area contributed by atoms with Crippen LogP contribution < -0.4 is 10.1 Å². The average molecular weight is 323 g/mol. The summed E-state index contributed by atoms with van der Waals surface area (Å²) in [6, 6.07) is 6.38. The van der Waals surface area contributed by atoms with Crippen molar-refractivity contribution in [2.75, 3.05) is 20.8 Å². The molecule has 0 fully saturated rings. The summed E-state index contributed by atoms with van der Waals surface area (Å²) in [5, 5.41) is 2.67. The van der Waals surface area contributed by atoms with E-state index >= 15 is 0 Å². The molecule has 0 heterocycles. The monoisotopic (exact) mass is 323 g/mol. The fourth-order valence-corrected chi connectivity index (χ4v) is 1.95. The minimum Gasteiger partial charge on any atom is -0.497 e. The fraction of sp³-hybridized carbons (Fsp3) is 0.529. The third kappa shape index (κ3) is 7.15. The molecule has 0 aliphatic rings. The van der Waals surface area contributed by atoms with E-state index < -0.39 is 17.7 Å². The summed E-state index contributed by atoms with van der Waals surface area (Å²) in [7, 11) is 3.08. The predicted octanol–water partition coefficient (Wildman–Crippen LogP) is 2.81. The number of alkyl carbamates (subject to hydrolysis) is 1. The van der Waals surface area contributed by atoms with Crippen LogP contribution in [0.2, 0.25) is 0 Å². The highest BCUT2D eigenvalue weighted by atomic mass is 16.6. The summed E-state index contributed by atoms with van der Waals surface area (Å²) in [5.74, 6) is 0.590. The Morgan fingerprint density at radius 1 is 1.13 bits per heavy atom. The van der Waals surface area contributed by atoms with Crippen LogP contribution in [0.1, 0.15) is 37.6 Å². The summed E-state index contributed by atoms with van der Waals surface area (Å²) in [4.78, 5) is 24.1. The van der Waals surface area contributed by atoms with Gasteiger partial charge in [-0.2, -0.15) is 0 Å². The van der Waals surface area contributed by atoms with Crippen molar-refractivity contribution in [1.29, 1.82) is 0 Å². The van der Waals surface area contributed by atoms with E-state index in [1.54, 1.807) is 52.1 Å². The van der Waals surface area contributed by atoms with Gasteiger partial charge < -0.3 is 19.5 Å². The molecule has 6 heteroatoms. The second kappa shape index (κ2) is 8.53. The highest BCUT2D eigenvalue weighted by Gasteiger charge is 2.21. The van der Waals surface area contributed by atoms with Crippen molar-refractivity contribution < 1.29 is 23.8 Å². The van der Waals surface area contributed by atoms with E-state index in [-0.39, 0.29) is 18.8 Å². The molecule has 0 aliphatic carbocycles. The number of methoxy groups -OCH3 is 2. The van der Waals surface area contributed by atoms with Crippen LogP contribution in [-0.2, 0) is 9.47 Å². The summed E-state index contributed by atoms with van der Waals surface area (Å²) in [6.07, 6.45) is -0.443. The number of benzene rings is 1. The van der Waals surface area contributed by atoms with E-state index in [4.69, 9.17) is 14.2 Å². The van der Waals surface area contributed by atoms with Gasteiger partial charge >= 0.3 is 6.09 Å². The van der Waals surface area contributed by atoms with Crippen LogP contribution in [0.15, 0.2) is 24.3 Å². The topological polar surface area (TPSA) is 73.9 Å². The van der Waals surface area contributed by atoms with Gasteiger partial charge in [0.2, 0.25) is 0 Å². The molecule has 23 heavy (non-hydrogen) atoms. The summed E-state index contributed by atoms with van der Waals surface area (Å²) < 4.78 is 15.3. The molecule has 0 aliphatic heterocycles. The van der Waals surface area contributed by atoms with Crippen molar-refractivity contribution in [2.45, 2.75) is 38.8 Å². The number of rotatable bonds is 7. The van der Waals surface area contributed by atoms with Gasteiger partial charge in [0, 0.05) is 19.1 Å². The number of ether oxygens (including phenoxy) is 3. The van der Waals surface area contributed by atoms with Crippen LogP contribution >= 0.6 is 0 Å². The number of hydrogen-bond donors (Lipinski definition) is 1. The Morgan fingerprint density at radius 2 is 1.74 bits per heavy atom. The van der Waals surface area contributed by atoms with Crippen LogP contribution in [0.25, 0.3) is 0 Å². The second-order valence-electron chi connectivity index (χ2n) is 6.15. The Kier molecular flexibility index (Phi) is 7.03. The van der Waals surface area contributed by atoms with Crippen molar-refractivity contribution in [3.8, 4) is 5.75 Å². The molecule has 128 valence electrons. The second-order valence-corrected chi connectivity index (χ2v) is 6.15. The Balaban J connectivity index is 2.66. The number of Topliss-reactive ketones (excluding diaryl/α,β-unsaturated/α-hetero) is 1. The zero-order chi connectivity index (χ0) is 17.5. The van der Waals surface area contributed by atoms with Gasteiger partial charge in [0.15, 0.2) is 5.78 Å². The number of carbonyl (C=O) groups is 2. The fourth-order valence-electron chi connectivity index (χ4n) is 1.95. The summed E-state index contributed by atoms with van der Waals surface area (Å²) >= 11 is 0. The molecule has 1 aromatic rings. The number of ketones is 1. The molecular formula is C17H25NO5. The first-order valence-corrected chi connectivity index (χ1v) is 7.41. The zero-order valence-corrected chi connectivity index (χ0v) is 14.3. The first kappa shape index (κ1) is 19.0. The van der Waals surface area contributed by atoms with Gasteiger partial charge in [-0.3, -0.25) is 4.79 Å². The third-order valence-corrected chi connectivity index (χ3v) is 2.93. The Hall–Kier alpha value is -2.08. The maximum Gasteiger partial charge on any atom is 0.407 e. The third-order valence-electron chi connectivity index (χ3n) is 2.93. The molecule has 1 N–H and O–H groups in total. The lowest BCUT2D eigenvalue weighted by Gasteiger charge is -2.23. The van der Waals surface area contributed by atoms with Gasteiger partial charge in [-0.25, -0.2) is 4.79 Å². The minimum absolute atomic E-state index is 0.0919. The van der Waals surface area contributed by atoms with Gasteiger partial charge in [0.1, 0.15) is 11.4 Å². The molecule has 6 nitrogen and oxygen atoms in total. The average Bonchev–Trinajstić information content (AvgIpc) is 2.45. The van der Waals surface area contributed by atoms with Gasteiger partial charge in [0.05, 0.1) is 19.8 Å². The van der Waals surface area contributed by atoms with Crippen molar-refractivity contribution >= 4 is 11.9 Å². The smallest absolute Gasteiger partial charge is 0.407 e. The van der Waals surface area contributed by atoms with Crippen molar-refractivity contribution in [3.63, 3.8) is 0 Å². The van der Waals surface area contributed by atoms with E-state index in [1.165, 1.54) is 7.11 Å². The Bertz CT molecular complexity index is 519. The highest BCUT2D eigenvalue weighted by Crippen LogP contribution is 2.14. The highest BCUT2D eigenvalue weighted by molar-refractivity contribution is 5.96. The number of carbonyl (C=O) groups excluding carboxylic acids is 2. The first-order chi connectivity index (χ1) is 10.7.